The van der Waals surface area contributed by atoms with E-state index in [1.807, 2.05) is 19.2 Å². The first kappa shape index (κ1) is 15.6. The smallest absolute Gasteiger partial charge is 0.119 e. The van der Waals surface area contributed by atoms with Gasteiger partial charge >= 0.3 is 0 Å². The molecule has 2 heteroatoms. The first-order valence-corrected chi connectivity index (χ1v) is 7.54. The summed E-state index contributed by atoms with van der Waals surface area (Å²) in [6.45, 7) is 4.45. The largest absolute Gasteiger partial charge is 0.497 e. The second kappa shape index (κ2) is 7.28. The van der Waals surface area contributed by atoms with Crippen LogP contribution in [0.15, 0.2) is 48.5 Å². The van der Waals surface area contributed by atoms with E-state index in [0.717, 1.165) is 12.2 Å². The number of nitrogens with one attached hydrogen (secondary N) is 1. The lowest BCUT2D eigenvalue weighted by Gasteiger charge is -2.18. The van der Waals surface area contributed by atoms with E-state index in [1.54, 1.807) is 7.11 Å². The van der Waals surface area contributed by atoms with Crippen molar-refractivity contribution in [3.8, 4) is 5.75 Å². The van der Waals surface area contributed by atoms with Crippen LogP contribution in [0.25, 0.3) is 0 Å². The Kier molecular flexibility index (Phi) is 5.40. The third-order valence-corrected chi connectivity index (χ3v) is 3.93. The number of methoxy groups -OCH3 is 1. The Morgan fingerprint density at radius 2 is 1.71 bits per heavy atom. The normalized spacial score (nSPS) is 12.4. The summed E-state index contributed by atoms with van der Waals surface area (Å²) in [7, 11) is 3.71. The first-order valence-electron chi connectivity index (χ1n) is 7.54. The number of rotatable bonds is 6. The van der Waals surface area contributed by atoms with E-state index < -0.39 is 0 Å². The van der Waals surface area contributed by atoms with Crippen LogP contribution in [0.4, 0.5) is 0 Å². The molecule has 0 saturated heterocycles. The summed E-state index contributed by atoms with van der Waals surface area (Å²) in [5.74, 6) is 1.49. The molecule has 112 valence electrons. The number of ether oxygens (including phenoxy) is 1. The lowest BCUT2D eigenvalue weighted by atomic mass is 9.96. The molecule has 0 aliphatic rings. The lowest BCUT2D eigenvalue weighted by molar-refractivity contribution is 0.413. The molecule has 1 N–H and O–H groups in total. The zero-order valence-electron chi connectivity index (χ0n) is 13.4. The fraction of sp³-hybridized carbons (Fsp3) is 0.368. The molecule has 1 atom stereocenters. The van der Waals surface area contributed by atoms with Crippen LogP contribution in [0.1, 0.15) is 42.5 Å². The van der Waals surface area contributed by atoms with Crippen molar-refractivity contribution in [3.05, 3.63) is 65.2 Å². The molecular weight excluding hydrogens is 258 g/mol. The fourth-order valence-corrected chi connectivity index (χ4v) is 2.52. The minimum absolute atomic E-state index is 0.296. The highest BCUT2D eigenvalue weighted by Gasteiger charge is 2.11. The zero-order chi connectivity index (χ0) is 15.2. The average Bonchev–Trinajstić information content (AvgIpc) is 2.53. The zero-order valence-corrected chi connectivity index (χ0v) is 13.4. The Labute approximate surface area is 128 Å². The Hall–Kier alpha value is -1.80. The molecule has 0 aliphatic carbocycles. The minimum atomic E-state index is 0.296. The highest BCUT2D eigenvalue weighted by Crippen LogP contribution is 2.23. The van der Waals surface area contributed by atoms with Crippen molar-refractivity contribution < 1.29 is 4.74 Å². The van der Waals surface area contributed by atoms with Gasteiger partial charge in [0.25, 0.3) is 0 Å². The highest BCUT2D eigenvalue weighted by atomic mass is 16.5. The van der Waals surface area contributed by atoms with Gasteiger partial charge in [-0.25, -0.2) is 0 Å². The van der Waals surface area contributed by atoms with Gasteiger partial charge in [0.2, 0.25) is 0 Å². The Bertz CT molecular complexity index is 560. The van der Waals surface area contributed by atoms with Gasteiger partial charge in [0, 0.05) is 6.04 Å². The van der Waals surface area contributed by atoms with Crippen LogP contribution in [0.2, 0.25) is 0 Å². The van der Waals surface area contributed by atoms with Crippen molar-refractivity contribution in [1.29, 1.82) is 0 Å². The summed E-state index contributed by atoms with van der Waals surface area (Å²) in [6, 6.07) is 17.5. The topological polar surface area (TPSA) is 21.3 Å². The maximum absolute atomic E-state index is 5.31. The molecule has 0 aliphatic heterocycles. The molecule has 0 bridgehead atoms. The van der Waals surface area contributed by atoms with Crippen molar-refractivity contribution in [2.75, 3.05) is 14.2 Å². The van der Waals surface area contributed by atoms with Crippen LogP contribution >= 0.6 is 0 Å². The molecule has 1 unspecified atom stereocenters. The van der Waals surface area contributed by atoms with Crippen molar-refractivity contribution in [2.45, 2.75) is 32.2 Å². The van der Waals surface area contributed by atoms with Gasteiger partial charge in [-0.3, -0.25) is 0 Å². The predicted molar refractivity (Wildman–Crippen MR) is 89.0 cm³/mol. The van der Waals surface area contributed by atoms with Gasteiger partial charge in [0.1, 0.15) is 5.75 Å². The van der Waals surface area contributed by atoms with E-state index in [4.69, 9.17) is 4.74 Å². The molecule has 0 saturated carbocycles. The van der Waals surface area contributed by atoms with Crippen molar-refractivity contribution in [2.24, 2.45) is 0 Å². The molecule has 2 aromatic carbocycles. The van der Waals surface area contributed by atoms with E-state index in [9.17, 15) is 0 Å². The van der Waals surface area contributed by atoms with Gasteiger partial charge in [-0.15, -0.1) is 0 Å². The summed E-state index contributed by atoms with van der Waals surface area (Å²) in [5, 5.41) is 3.40. The average molecular weight is 283 g/mol. The number of hydrogen-bond acceptors (Lipinski definition) is 2. The molecule has 21 heavy (non-hydrogen) atoms. The SMILES string of the molecule is CNC(Cc1ccc(C(C)C)cc1)c1cccc(OC)c1. The minimum Gasteiger partial charge on any atom is -0.497 e. The third kappa shape index (κ3) is 4.08. The van der Waals surface area contributed by atoms with Gasteiger partial charge in [-0.05, 0) is 48.2 Å². The molecule has 0 heterocycles. The summed E-state index contributed by atoms with van der Waals surface area (Å²) < 4.78 is 5.31. The molecule has 0 amide bonds. The van der Waals surface area contributed by atoms with Gasteiger partial charge in [0.05, 0.1) is 7.11 Å². The van der Waals surface area contributed by atoms with Gasteiger partial charge in [-0.1, -0.05) is 50.2 Å². The molecule has 2 rings (SSSR count). The molecule has 0 aromatic heterocycles. The van der Waals surface area contributed by atoms with E-state index in [0.29, 0.717) is 12.0 Å². The molecule has 0 radical (unpaired) electrons. The standard InChI is InChI=1S/C19H25NO/c1-14(2)16-10-8-15(9-11-16)12-19(20-3)17-6-5-7-18(13-17)21-4/h5-11,13-14,19-20H,12H2,1-4H3. The maximum atomic E-state index is 5.31. The number of likely N-dealkylation sites (N-methyl/N-ethyl adjacent to an activating group) is 1. The summed E-state index contributed by atoms with van der Waals surface area (Å²) in [6.07, 6.45) is 0.974. The molecular formula is C19H25NO. The van der Waals surface area contributed by atoms with Crippen LogP contribution in [-0.2, 0) is 6.42 Å². The van der Waals surface area contributed by atoms with Crippen LogP contribution in [-0.4, -0.2) is 14.2 Å². The molecule has 0 spiro atoms. The van der Waals surface area contributed by atoms with Gasteiger partial charge in [0.15, 0.2) is 0 Å². The Balaban J connectivity index is 2.14. The van der Waals surface area contributed by atoms with E-state index in [1.165, 1.54) is 16.7 Å². The van der Waals surface area contributed by atoms with Crippen LogP contribution < -0.4 is 10.1 Å². The van der Waals surface area contributed by atoms with E-state index >= 15 is 0 Å². The summed E-state index contributed by atoms with van der Waals surface area (Å²) in [4.78, 5) is 0. The van der Waals surface area contributed by atoms with Crippen molar-refractivity contribution in [1.82, 2.24) is 5.32 Å². The van der Waals surface area contributed by atoms with Crippen LogP contribution in [0, 0.1) is 0 Å². The summed E-state index contributed by atoms with van der Waals surface area (Å²) in [5.41, 5.74) is 3.99. The first-order chi connectivity index (χ1) is 10.1. The van der Waals surface area contributed by atoms with Crippen molar-refractivity contribution >= 4 is 0 Å². The Morgan fingerprint density at radius 1 is 1.00 bits per heavy atom. The summed E-state index contributed by atoms with van der Waals surface area (Å²) >= 11 is 0. The molecule has 2 nitrogen and oxygen atoms in total. The monoisotopic (exact) mass is 283 g/mol. The highest BCUT2D eigenvalue weighted by molar-refractivity contribution is 5.32. The quantitative estimate of drug-likeness (QED) is 0.852. The fourth-order valence-electron chi connectivity index (χ4n) is 2.52. The van der Waals surface area contributed by atoms with Gasteiger partial charge in [-0.2, -0.15) is 0 Å². The third-order valence-electron chi connectivity index (χ3n) is 3.93. The van der Waals surface area contributed by atoms with Gasteiger partial charge < -0.3 is 10.1 Å². The van der Waals surface area contributed by atoms with E-state index in [-0.39, 0.29) is 0 Å². The van der Waals surface area contributed by atoms with Crippen molar-refractivity contribution in [3.63, 3.8) is 0 Å². The second-order valence-corrected chi connectivity index (χ2v) is 5.72. The molecule has 0 fully saturated rings. The lowest BCUT2D eigenvalue weighted by Crippen LogP contribution is -2.18. The number of hydrogen-bond donors (Lipinski definition) is 1. The predicted octanol–water partition coefficient (Wildman–Crippen LogP) is 4.32. The van der Waals surface area contributed by atoms with Crippen LogP contribution in [0.3, 0.4) is 0 Å². The Morgan fingerprint density at radius 3 is 2.29 bits per heavy atom. The van der Waals surface area contributed by atoms with E-state index in [2.05, 4.69) is 55.6 Å². The van der Waals surface area contributed by atoms with Crippen LogP contribution in [0.5, 0.6) is 5.75 Å². The second-order valence-electron chi connectivity index (χ2n) is 5.72. The number of benzene rings is 2. The maximum Gasteiger partial charge on any atom is 0.119 e. The molecule has 2 aromatic rings.